The fourth-order valence-corrected chi connectivity index (χ4v) is 1.07. The Morgan fingerprint density at radius 2 is 2.36 bits per heavy atom. The van der Waals surface area contributed by atoms with Crippen molar-refractivity contribution in [1.82, 2.24) is 9.55 Å². The van der Waals surface area contributed by atoms with E-state index in [1.807, 2.05) is 24.4 Å². The molecule has 2 rings (SSSR count). The molecule has 0 saturated heterocycles. The van der Waals surface area contributed by atoms with Crippen molar-refractivity contribution < 1.29 is 0 Å². The summed E-state index contributed by atoms with van der Waals surface area (Å²) in [6, 6.07) is 8.33. The maximum Gasteiger partial charge on any atom is 0.151 e. The van der Waals surface area contributed by atoms with Gasteiger partial charge in [0.15, 0.2) is 5.65 Å². The minimum Gasteiger partial charge on any atom is -0.260 e. The molecule has 0 aliphatic carbocycles. The van der Waals surface area contributed by atoms with Crippen LogP contribution in [0, 0.1) is 12.5 Å². The summed E-state index contributed by atoms with van der Waals surface area (Å²) in [5.41, 5.74) is 0.843. The average Bonchev–Trinajstić information content (AvgIpc) is 2.47. The maximum absolute atomic E-state index is 5.23. The quantitative estimate of drug-likeness (QED) is 0.509. The van der Waals surface area contributed by atoms with Crippen molar-refractivity contribution in [3.8, 4) is 12.5 Å². The second-order valence-electron chi connectivity index (χ2n) is 2.23. The van der Waals surface area contributed by atoms with Gasteiger partial charge in [0.05, 0.1) is 0 Å². The van der Waals surface area contributed by atoms with E-state index in [1.165, 1.54) is 0 Å². The minimum absolute atomic E-state index is 0.843. The highest BCUT2D eigenvalue weighted by Gasteiger charge is 1.96. The van der Waals surface area contributed by atoms with Crippen LogP contribution in [0.5, 0.6) is 0 Å². The molecule has 2 aromatic heterocycles. The zero-order valence-corrected chi connectivity index (χ0v) is 5.86. The van der Waals surface area contributed by atoms with Gasteiger partial charge in [0.1, 0.15) is 0 Å². The summed E-state index contributed by atoms with van der Waals surface area (Å²) < 4.78 is 1.66. The van der Waals surface area contributed by atoms with Crippen LogP contribution in [-0.2, 0) is 0 Å². The highest BCUT2D eigenvalue weighted by atomic mass is 15.0. The Bertz CT molecular complexity index is 420. The zero-order chi connectivity index (χ0) is 7.68. The van der Waals surface area contributed by atoms with E-state index in [-0.39, 0.29) is 0 Å². The van der Waals surface area contributed by atoms with E-state index in [4.69, 9.17) is 6.42 Å². The summed E-state index contributed by atoms with van der Waals surface area (Å²) in [5.74, 6) is 0. The van der Waals surface area contributed by atoms with E-state index in [1.54, 1.807) is 10.8 Å². The molecule has 2 heteroatoms. The van der Waals surface area contributed by atoms with Gasteiger partial charge in [0, 0.05) is 23.8 Å². The molecule has 0 spiro atoms. The van der Waals surface area contributed by atoms with Crippen LogP contribution in [0.15, 0.2) is 30.6 Å². The summed E-state index contributed by atoms with van der Waals surface area (Å²) in [5, 5.41) is 1.07. The Morgan fingerprint density at radius 3 is 3.18 bits per heavy atom. The summed E-state index contributed by atoms with van der Waals surface area (Å²) in [4.78, 5) is 4.13. The van der Waals surface area contributed by atoms with Gasteiger partial charge in [-0.2, -0.15) is 0 Å². The van der Waals surface area contributed by atoms with Crippen LogP contribution in [0.25, 0.3) is 11.0 Å². The smallest absolute Gasteiger partial charge is 0.151 e. The van der Waals surface area contributed by atoms with Gasteiger partial charge >= 0.3 is 0 Å². The van der Waals surface area contributed by atoms with Gasteiger partial charge in [-0.05, 0) is 18.2 Å². The van der Waals surface area contributed by atoms with Crippen molar-refractivity contribution in [3.05, 3.63) is 30.6 Å². The second kappa shape index (κ2) is 2.14. The van der Waals surface area contributed by atoms with Crippen LogP contribution in [0.2, 0.25) is 0 Å². The predicted molar refractivity (Wildman–Crippen MR) is 44.0 cm³/mol. The van der Waals surface area contributed by atoms with E-state index in [0.29, 0.717) is 0 Å². The van der Waals surface area contributed by atoms with Gasteiger partial charge in [-0.25, -0.2) is 4.98 Å². The van der Waals surface area contributed by atoms with E-state index in [9.17, 15) is 0 Å². The Morgan fingerprint density at radius 1 is 1.45 bits per heavy atom. The number of pyridine rings is 1. The molecular weight excluding hydrogens is 136 g/mol. The molecule has 11 heavy (non-hydrogen) atoms. The minimum atomic E-state index is 0.843. The molecular formula is C9H6N2. The van der Waals surface area contributed by atoms with Crippen LogP contribution in [0.1, 0.15) is 0 Å². The third-order valence-corrected chi connectivity index (χ3v) is 1.59. The van der Waals surface area contributed by atoms with Crippen molar-refractivity contribution >= 4 is 11.0 Å². The standard InChI is InChI=1S/C9H6N2/c1-2-11-7-5-8-4-3-6-10-9(8)11/h1,3-7H. The number of terminal acetylenes is 1. The van der Waals surface area contributed by atoms with Gasteiger partial charge in [-0.15, -0.1) is 0 Å². The van der Waals surface area contributed by atoms with Crippen LogP contribution in [0.4, 0.5) is 0 Å². The Kier molecular flexibility index (Phi) is 1.16. The highest BCUT2D eigenvalue weighted by Crippen LogP contribution is 2.10. The number of rotatable bonds is 0. The molecule has 0 N–H and O–H groups in total. The largest absolute Gasteiger partial charge is 0.260 e. The van der Waals surface area contributed by atoms with Crippen molar-refractivity contribution in [3.63, 3.8) is 0 Å². The SMILES string of the molecule is C#Cn1ccc2cccnc21. The third-order valence-electron chi connectivity index (χ3n) is 1.59. The number of hydrogen-bond acceptors (Lipinski definition) is 1. The lowest BCUT2D eigenvalue weighted by atomic mass is 10.3. The first-order valence-corrected chi connectivity index (χ1v) is 3.30. The number of fused-ring (bicyclic) bond motifs is 1. The molecule has 2 heterocycles. The Hall–Kier alpha value is -1.75. The lowest BCUT2D eigenvalue weighted by Gasteiger charge is -1.90. The monoisotopic (exact) mass is 142 g/mol. The number of hydrogen-bond donors (Lipinski definition) is 0. The van der Waals surface area contributed by atoms with E-state index < -0.39 is 0 Å². The highest BCUT2D eigenvalue weighted by molar-refractivity contribution is 5.76. The van der Waals surface area contributed by atoms with Crippen molar-refractivity contribution in [2.24, 2.45) is 0 Å². The van der Waals surface area contributed by atoms with Crippen LogP contribution in [0.3, 0.4) is 0 Å². The molecule has 0 amide bonds. The molecule has 0 fully saturated rings. The number of nitrogens with zero attached hydrogens (tertiary/aromatic N) is 2. The Balaban J connectivity index is 2.89. The summed E-state index contributed by atoms with van der Waals surface area (Å²) in [6.07, 6.45) is 8.80. The summed E-state index contributed by atoms with van der Waals surface area (Å²) in [7, 11) is 0. The molecule has 0 saturated carbocycles. The lowest BCUT2D eigenvalue weighted by molar-refractivity contribution is 1.15. The molecule has 0 atom stereocenters. The van der Waals surface area contributed by atoms with Crippen molar-refractivity contribution in [2.75, 3.05) is 0 Å². The normalized spacial score (nSPS) is 9.73. The fourth-order valence-electron chi connectivity index (χ4n) is 1.07. The average molecular weight is 142 g/mol. The van der Waals surface area contributed by atoms with Gasteiger partial charge < -0.3 is 0 Å². The molecule has 2 nitrogen and oxygen atoms in total. The lowest BCUT2D eigenvalue weighted by Crippen LogP contribution is -1.85. The van der Waals surface area contributed by atoms with Gasteiger partial charge in [-0.3, -0.25) is 4.57 Å². The molecule has 52 valence electrons. The molecule has 2 aromatic rings. The predicted octanol–water partition coefficient (Wildman–Crippen LogP) is 1.48. The van der Waals surface area contributed by atoms with Crippen LogP contribution in [-0.4, -0.2) is 9.55 Å². The molecule has 0 bridgehead atoms. The van der Waals surface area contributed by atoms with Crippen LogP contribution < -0.4 is 0 Å². The van der Waals surface area contributed by atoms with Crippen molar-refractivity contribution in [2.45, 2.75) is 0 Å². The molecule has 0 radical (unpaired) electrons. The molecule has 0 aliphatic heterocycles. The van der Waals surface area contributed by atoms with Gasteiger partial charge in [-0.1, -0.05) is 6.42 Å². The Labute approximate surface area is 64.5 Å². The topological polar surface area (TPSA) is 17.8 Å². The maximum atomic E-state index is 5.23. The van der Waals surface area contributed by atoms with Gasteiger partial charge in [0.25, 0.3) is 0 Å². The van der Waals surface area contributed by atoms with Crippen molar-refractivity contribution in [1.29, 1.82) is 0 Å². The number of aromatic nitrogens is 2. The molecule has 0 aromatic carbocycles. The summed E-state index contributed by atoms with van der Waals surface area (Å²) >= 11 is 0. The molecule has 0 aliphatic rings. The van der Waals surface area contributed by atoms with Crippen LogP contribution >= 0.6 is 0 Å². The van der Waals surface area contributed by atoms with E-state index in [2.05, 4.69) is 11.0 Å². The van der Waals surface area contributed by atoms with Gasteiger partial charge in [0.2, 0.25) is 0 Å². The first kappa shape index (κ1) is 5.99. The van der Waals surface area contributed by atoms with E-state index in [0.717, 1.165) is 11.0 Å². The summed E-state index contributed by atoms with van der Waals surface area (Å²) in [6.45, 7) is 0. The third kappa shape index (κ3) is 0.786. The zero-order valence-electron chi connectivity index (χ0n) is 5.86. The first-order valence-electron chi connectivity index (χ1n) is 3.30. The second-order valence-corrected chi connectivity index (χ2v) is 2.23. The van der Waals surface area contributed by atoms with E-state index >= 15 is 0 Å². The molecule has 0 unspecified atom stereocenters. The first-order chi connectivity index (χ1) is 5.42. The fraction of sp³-hybridized carbons (Fsp3) is 0.